The number of nitrogens with one attached hydrogen (secondary N) is 1. The van der Waals surface area contributed by atoms with Gasteiger partial charge in [0.25, 0.3) is 0 Å². The first kappa shape index (κ1) is 19.1. The fraction of sp³-hybridized carbons (Fsp3) is 0.556. The normalized spacial score (nSPS) is 12.2. The molecule has 0 aliphatic heterocycles. The SMILES string of the molecule is CCCCC=CC(CCCC)Nc1ccc(C)cc1.Cl. The predicted molar refractivity (Wildman–Crippen MR) is 94.0 cm³/mol. The van der Waals surface area contributed by atoms with Crippen LogP contribution in [0.2, 0.25) is 0 Å². The Morgan fingerprint density at radius 3 is 2.30 bits per heavy atom. The van der Waals surface area contributed by atoms with Gasteiger partial charge in [-0.05, 0) is 31.9 Å². The summed E-state index contributed by atoms with van der Waals surface area (Å²) >= 11 is 0. The van der Waals surface area contributed by atoms with Gasteiger partial charge in [0.1, 0.15) is 0 Å². The molecular weight excluding hydrogens is 266 g/mol. The van der Waals surface area contributed by atoms with E-state index >= 15 is 0 Å². The zero-order chi connectivity index (χ0) is 13.9. The van der Waals surface area contributed by atoms with Crippen LogP contribution in [0.25, 0.3) is 0 Å². The minimum atomic E-state index is 0. The third-order valence-corrected chi connectivity index (χ3v) is 3.37. The van der Waals surface area contributed by atoms with E-state index in [-0.39, 0.29) is 12.4 Å². The van der Waals surface area contributed by atoms with Crippen LogP contribution in [-0.2, 0) is 0 Å². The third kappa shape index (κ3) is 8.27. The highest BCUT2D eigenvalue weighted by Gasteiger charge is 2.03. The van der Waals surface area contributed by atoms with Crippen molar-refractivity contribution in [3.63, 3.8) is 0 Å². The minimum Gasteiger partial charge on any atom is -0.379 e. The van der Waals surface area contributed by atoms with Gasteiger partial charge in [0.05, 0.1) is 0 Å². The monoisotopic (exact) mass is 295 g/mol. The second kappa shape index (κ2) is 11.8. The summed E-state index contributed by atoms with van der Waals surface area (Å²) in [7, 11) is 0. The number of unbranched alkanes of at least 4 members (excludes halogenated alkanes) is 3. The summed E-state index contributed by atoms with van der Waals surface area (Å²) in [5.41, 5.74) is 2.54. The van der Waals surface area contributed by atoms with Crippen molar-refractivity contribution in [1.82, 2.24) is 0 Å². The van der Waals surface area contributed by atoms with Crippen molar-refractivity contribution >= 4 is 18.1 Å². The number of hydrogen-bond donors (Lipinski definition) is 1. The zero-order valence-corrected chi connectivity index (χ0v) is 14.0. The van der Waals surface area contributed by atoms with Crippen molar-refractivity contribution in [3.05, 3.63) is 42.0 Å². The molecule has 1 nitrogen and oxygen atoms in total. The van der Waals surface area contributed by atoms with Crippen molar-refractivity contribution < 1.29 is 0 Å². The van der Waals surface area contributed by atoms with Gasteiger partial charge in [-0.15, -0.1) is 12.4 Å². The average molecular weight is 296 g/mol. The molecule has 0 aromatic heterocycles. The van der Waals surface area contributed by atoms with Crippen molar-refractivity contribution in [2.24, 2.45) is 0 Å². The molecule has 1 atom stereocenters. The van der Waals surface area contributed by atoms with E-state index in [9.17, 15) is 0 Å². The van der Waals surface area contributed by atoms with Crippen LogP contribution in [0, 0.1) is 6.92 Å². The molecule has 0 heterocycles. The van der Waals surface area contributed by atoms with E-state index in [4.69, 9.17) is 0 Å². The van der Waals surface area contributed by atoms with Gasteiger partial charge in [-0.2, -0.15) is 0 Å². The minimum absolute atomic E-state index is 0. The molecule has 0 aliphatic carbocycles. The van der Waals surface area contributed by atoms with Crippen LogP contribution < -0.4 is 5.32 Å². The Labute approximate surface area is 131 Å². The maximum absolute atomic E-state index is 3.63. The molecule has 1 rings (SSSR count). The maximum Gasteiger partial charge on any atom is 0.0444 e. The Balaban J connectivity index is 0.00000361. The van der Waals surface area contributed by atoms with E-state index in [2.05, 4.69) is 62.5 Å². The first-order valence-electron chi connectivity index (χ1n) is 7.76. The Hall–Kier alpha value is -0.950. The van der Waals surface area contributed by atoms with Crippen LogP contribution in [0.1, 0.15) is 57.9 Å². The molecule has 0 saturated heterocycles. The Morgan fingerprint density at radius 2 is 1.70 bits per heavy atom. The molecular formula is C18H30ClN. The van der Waals surface area contributed by atoms with Crippen LogP contribution in [0.15, 0.2) is 36.4 Å². The topological polar surface area (TPSA) is 12.0 Å². The fourth-order valence-corrected chi connectivity index (χ4v) is 2.09. The van der Waals surface area contributed by atoms with Crippen LogP contribution in [-0.4, -0.2) is 6.04 Å². The number of anilines is 1. The highest BCUT2D eigenvalue weighted by molar-refractivity contribution is 5.85. The van der Waals surface area contributed by atoms with E-state index < -0.39 is 0 Å². The summed E-state index contributed by atoms with van der Waals surface area (Å²) in [6.07, 6.45) is 12.2. The number of hydrogen-bond acceptors (Lipinski definition) is 1. The molecule has 0 radical (unpaired) electrons. The molecule has 1 aromatic rings. The molecule has 0 saturated carbocycles. The van der Waals surface area contributed by atoms with Crippen LogP contribution in [0.5, 0.6) is 0 Å². The smallest absolute Gasteiger partial charge is 0.0444 e. The van der Waals surface area contributed by atoms with Gasteiger partial charge in [0.15, 0.2) is 0 Å². The first-order valence-corrected chi connectivity index (χ1v) is 7.76. The lowest BCUT2D eigenvalue weighted by Gasteiger charge is -2.16. The second-order valence-electron chi connectivity index (χ2n) is 5.33. The lowest BCUT2D eigenvalue weighted by atomic mass is 10.1. The number of rotatable bonds is 9. The lowest BCUT2D eigenvalue weighted by molar-refractivity contribution is 0.678. The summed E-state index contributed by atoms with van der Waals surface area (Å²) in [6.45, 7) is 6.62. The van der Waals surface area contributed by atoms with E-state index in [1.54, 1.807) is 0 Å². The molecule has 1 unspecified atom stereocenters. The van der Waals surface area contributed by atoms with E-state index in [0.29, 0.717) is 6.04 Å². The van der Waals surface area contributed by atoms with E-state index in [1.165, 1.54) is 49.8 Å². The van der Waals surface area contributed by atoms with Gasteiger partial charge in [-0.25, -0.2) is 0 Å². The summed E-state index contributed by atoms with van der Waals surface area (Å²) in [5.74, 6) is 0. The summed E-state index contributed by atoms with van der Waals surface area (Å²) < 4.78 is 0. The molecule has 0 aliphatic rings. The summed E-state index contributed by atoms with van der Waals surface area (Å²) in [5, 5.41) is 3.63. The third-order valence-electron chi connectivity index (χ3n) is 3.37. The van der Waals surface area contributed by atoms with Crippen molar-refractivity contribution in [1.29, 1.82) is 0 Å². The molecule has 20 heavy (non-hydrogen) atoms. The number of benzene rings is 1. The summed E-state index contributed by atoms with van der Waals surface area (Å²) in [4.78, 5) is 0. The fourth-order valence-electron chi connectivity index (χ4n) is 2.09. The Morgan fingerprint density at radius 1 is 1.05 bits per heavy atom. The summed E-state index contributed by atoms with van der Waals surface area (Å²) in [6, 6.07) is 9.15. The number of allylic oxidation sites excluding steroid dienone is 1. The van der Waals surface area contributed by atoms with Crippen molar-refractivity contribution in [3.8, 4) is 0 Å². The van der Waals surface area contributed by atoms with Gasteiger partial charge >= 0.3 is 0 Å². The quantitative estimate of drug-likeness (QED) is 0.426. The molecule has 1 N–H and O–H groups in total. The van der Waals surface area contributed by atoms with E-state index in [1.807, 2.05) is 0 Å². The molecule has 0 amide bonds. The molecule has 114 valence electrons. The highest BCUT2D eigenvalue weighted by Crippen LogP contribution is 2.14. The predicted octanol–water partition coefficient (Wildman–Crippen LogP) is 6.13. The van der Waals surface area contributed by atoms with Crippen molar-refractivity contribution in [2.75, 3.05) is 5.32 Å². The molecule has 0 fully saturated rings. The van der Waals surface area contributed by atoms with Gasteiger partial charge in [0, 0.05) is 11.7 Å². The standard InChI is InChI=1S/C18H29N.ClH/c1-4-6-8-9-11-17(10-7-5-2)19-18-14-12-16(3)13-15-18;/h9,11-15,17,19H,4-8,10H2,1-3H3;1H. The molecule has 0 spiro atoms. The lowest BCUT2D eigenvalue weighted by Crippen LogP contribution is -2.16. The van der Waals surface area contributed by atoms with Crippen molar-refractivity contribution in [2.45, 2.75) is 65.3 Å². The highest BCUT2D eigenvalue weighted by atomic mass is 35.5. The van der Waals surface area contributed by atoms with Gasteiger partial charge in [-0.1, -0.05) is 69.4 Å². The molecule has 2 heteroatoms. The van der Waals surface area contributed by atoms with Crippen LogP contribution in [0.4, 0.5) is 5.69 Å². The second-order valence-corrected chi connectivity index (χ2v) is 5.33. The maximum atomic E-state index is 3.63. The van der Waals surface area contributed by atoms with Crippen LogP contribution >= 0.6 is 12.4 Å². The molecule has 1 aromatic carbocycles. The van der Waals surface area contributed by atoms with Gasteiger partial charge < -0.3 is 5.32 Å². The number of halogens is 1. The van der Waals surface area contributed by atoms with Gasteiger partial charge in [-0.3, -0.25) is 0 Å². The Bertz CT molecular complexity index is 356. The van der Waals surface area contributed by atoms with Gasteiger partial charge in [0.2, 0.25) is 0 Å². The Kier molecular flexibility index (Phi) is 11.3. The van der Waals surface area contributed by atoms with E-state index in [0.717, 1.165) is 0 Å². The first-order chi connectivity index (χ1) is 9.26. The average Bonchev–Trinajstić information content (AvgIpc) is 2.43. The largest absolute Gasteiger partial charge is 0.379 e. The van der Waals surface area contributed by atoms with Crippen LogP contribution in [0.3, 0.4) is 0 Å². The number of aryl methyl sites for hydroxylation is 1. The molecule has 0 bridgehead atoms. The zero-order valence-electron chi connectivity index (χ0n) is 13.2.